The molecular formula is C9H17BrN6O2S. The number of nitrogens with one attached hydrogen (secondary N) is 2. The SMILES string of the molecule is Cn1nnc(Br)c1S(=O)(=O)NCCN1CCNCC1. The smallest absolute Gasteiger partial charge is 0.260 e. The predicted molar refractivity (Wildman–Crippen MR) is 73.2 cm³/mol. The molecule has 0 spiro atoms. The molecule has 0 saturated carbocycles. The molecule has 10 heteroatoms. The summed E-state index contributed by atoms with van der Waals surface area (Å²) in [5.41, 5.74) is 0. The minimum absolute atomic E-state index is 0.0489. The van der Waals surface area contributed by atoms with E-state index in [4.69, 9.17) is 0 Å². The van der Waals surface area contributed by atoms with Gasteiger partial charge in [-0.1, -0.05) is 5.21 Å². The van der Waals surface area contributed by atoms with E-state index in [1.807, 2.05) is 0 Å². The van der Waals surface area contributed by atoms with Gasteiger partial charge in [-0.15, -0.1) is 5.10 Å². The van der Waals surface area contributed by atoms with E-state index in [0.717, 1.165) is 26.2 Å². The molecule has 0 amide bonds. The molecule has 0 unspecified atom stereocenters. The van der Waals surface area contributed by atoms with E-state index >= 15 is 0 Å². The summed E-state index contributed by atoms with van der Waals surface area (Å²) in [6.45, 7) is 4.86. The molecular weight excluding hydrogens is 336 g/mol. The standard InChI is InChI=1S/C9H17BrN6O2S/c1-15-9(8(10)13-14-15)19(17,18)12-4-7-16-5-2-11-3-6-16/h11-12H,2-7H2,1H3. The molecule has 0 atom stereocenters. The summed E-state index contributed by atoms with van der Waals surface area (Å²) >= 11 is 3.09. The van der Waals surface area contributed by atoms with Crippen LogP contribution in [0.5, 0.6) is 0 Å². The maximum Gasteiger partial charge on any atom is 0.260 e. The topological polar surface area (TPSA) is 92.1 Å². The van der Waals surface area contributed by atoms with Crippen molar-refractivity contribution in [2.24, 2.45) is 7.05 Å². The Morgan fingerprint density at radius 1 is 1.42 bits per heavy atom. The Labute approximate surface area is 120 Å². The molecule has 1 aromatic rings. The van der Waals surface area contributed by atoms with Gasteiger partial charge in [0.2, 0.25) is 5.03 Å². The summed E-state index contributed by atoms with van der Waals surface area (Å²) in [4.78, 5) is 2.22. The Morgan fingerprint density at radius 3 is 2.68 bits per heavy atom. The van der Waals surface area contributed by atoms with Gasteiger partial charge in [0.1, 0.15) is 0 Å². The van der Waals surface area contributed by atoms with Crippen LogP contribution in [0.2, 0.25) is 0 Å². The van der Waals surface area contributed by atoms with E-state index in [9.17, 15) is 8.42 Å². The summed E-state index contributed by atoms with van der Waals surface area (Å²) in [5, 5.41) is 10.6. The number of aromatic nitrogens is 3. The van der Waals surface area contributed by atoms with Crippen molar-refractivity contribution < 1.29 is 8.42 Å². The van der Waals surface area contributed by atoms with Crippen molar-refractivity contribution in [2.45, 2.75) is 5.03 Å². The highest BCUT2D eigenvalue weighted by Gasteiger charge is 2.23. The van der Waals surface area contributed by atoms with Crippen molar-refractivity contribution >= 4 is 26.0 Å². The van der Waals surface area contributed by atoms with Gasteiger partial charge in [-0.05, 0) is 15.9 Å². The quantitative estimate of drug-likeness (QED) is 0.688. The molecule has 1 fully saturated rings. The lowest BCUT2D eigenvalue weighted by Gasteiger charge is -2.26. The first-order valence-corrected chi connectivity index (χ1v) is 8.26. The maximum absolute atomic E-state index is 12.1. The summed E-state index contributed by atoms with van der Waals surface area (Å²) in [6.07, 6.45) is 0. The Morgan fingerprint density at radius 2 is 2.11 bits per heavy atom. The van der Waals surface area contributed by atoms with Crippen molar-refractivity contribution in [3.05, 3.63) is 4.60 Å². The lowest BCUT2D eigenvalue weighted by atomic mass is 10.3. The predicted octanol–water partition coefficient (Wildman–Crippen LogP) is -1.24. The van der Waals surface area contributed by atoms with Gasteiger partial charge in [0, 0.05) is 46.3 Å². The first-order chi connectivity index (χ1) is 9.00. The molecule has 8 nitrogen and oxygen atoms in total. The van der Waals surface area contributed by atoms with E-state index in [1.54, 1.807) is 7.05 Å². The average Bonchev–Trinajstić information content (AvgIpc) is 2.70. The molecule has 0 aromatic carbocycles. The zero-order chi connectivity index (χ0) is 13.9. The summed E-state index contributed by atoms with van der Waals surface area (Å²) in [6, 6.07) is 0. The Kier molecular flexibility index (Phi) is 4.90. The van der Waals surface area contributed by atoms with Crippen molar-refractivity contribution in [1.29, 1.82) is 0 Å². The van der Waals surface area contributed by atoms with Crippen LogP contribution >= 0.6 is 15.9 Å². The molecule has 0 radical (unpaired) electrons. The second-order valence-electron chi connectivity index (χ2n) is 4.30. The molecule has 2 N–H and O–H groups in total. The first-order valence-electron chi connectivity index (χ1n) is 5.98. The van der Waals surface area contributed by atoms with Crippen molar-refractivity contribution in [2.75, 3.05) is 39.3 Å². The molecule has 19 heavy (non-hydrogen) atoms. The Balaban J connectivity index is 1.91. The van der Waals surface area contributed by atoms with Crippen LogP contribution in [0, 0.1) is 0 Å². The molecule has 2 heterocycles. The van der Waals surface area contributed by atoms with E-state index in [-0.39, 0.29) is 9.63 Å². The number of aryl methyl sites for hydroxylation is 1. The van der Waals surface area contributed by atoms with E-state index in [1.165, 1.54) is 4.68 Å². The molecule has 1 saturated heterocycles. The highest BCUT2D eigenvalue weighted by Crippen LogP contribution is 2.17. The minimum Gasteiger partial charge on any atom is -0.314 e. The van der Waals surface area contributed by atoms with Gasteiger partial charge >= 0.3 is 0 Å². The molecule has 0 bridgehead atoms. The highest BCUT2D eigenvalue weighted by molar-refractivity contribution is 9.10. The third kappa shape index (κ3) is 3.72. The second kappa shape index (κ2) is 6.27. The number of rotatable bonds is 5. The van der Waals surface area contributed by atoms with Crippen LogP contribution in [0.4, 0.5) is 0 Å². The fraction of sp³-hybridized carbons (Fsp3) is 0.778. The zero-order valence-corrected chi connectivity index (χ0v) is 13.0. The first kappa shape index (κ1) is 14.9. The van der Waals surface area contributed by atoms with Gasteiger partial charge in [0.15, 0.2) is 4.60 Å². The zero-order valence-electron chi connectivity index (χ0n) is 10.6. The minimum atomic E-state index is -3.58. The second-order valence-corrected chi connectivity index (χ2v) is 6.73. The molecule has 1 aromatic heterocycles. The number of nitrogens with zero attached hydrogens (tertiary/aromatic N) is 4. The summed E-state index contributed by atoms with van der Waals surface area (Å²) in [5.74, 6) is 0. The van der Waals surface area contributed by atoms with Gasteiger partial charge in [0.05, 0.1) is 0 Å². The van der Waals surface area contributed by atoms with Crippen LogP contribution in [-0.2, 0) is 17.1 Å². The highest BCUT2D eigenvalue weighted by atomic mass is 79.9. The fourth-order valence-electron chi connectivity index (χ4n) is 1.95. The van der Waals surface area contributed by atoms with Gasteiger partial charge in [0.25, 0.3) is 10.0 Å². The number of hydrogen-bond donors (Lipinski definition) is 2. The van der Waals surface area contributed by atoms with Crippen LogP contribution < -0.4 is 10.0 Å². The van der Waals surface area contributed by atoms with Gasteiger partial charge in [-0.25, -0.2) is 17.8 Å². The third-order valence-electron chi connectivity index (χ3n) is 2.92. The van der Waals surface area contributed by atoms with Crippen LogP contribution in [0.1, 0.15) is 0 Å². The third-order valence-corrected chi connectivity index (χ3v) is 5.27. The number of halogens is 1. The number of sulfonamides is 1. The lowest BCUT2D eigenvalue weighted by molar-refractivity contribution is 0.245. The van der Waals surface area contributed by atoms with Crippen molar-refractivity contribution in [3.8, 4) is 0 Å². The Bertz CT molecular complexity index is 505. The fourth-order valence-corrected chi connectivity index (χ4v) is 4.06. The molecule has 0 aliphatic carbocycles. The molecule has 1 aliphatic heterocycles. The van der Waals surface area contributed by atoms with Crippen LogP contribution in [0.15, 0.2) is 9.63 Å². The van der Waals surface area contributed by atoms with Gasteiger partial charge in [-0.3, -0.25) is 4.90 Å². The van der Waals surface area contributed by atoms with E-state index < -0.39 is 10.0 Å². The normalized spacial score (nSPS) is 17.8. The van der Waals surface area contributed by atoms with Crippen LogP contribution in [-0.4, -0.2) is 67.6 Å². The summed E-state index contributed by atoms with van der Waals surface area (Å²) in [7, 11) is -2.04. The summed E-state index contributed by atoms with van der Waals surface area (Å²) < 4.78 is 28.2. The molecule has 1 aliphatic rings. The van der Waals surface area contributed by atoms with Crippen molar-refractivity contribution in [3.63, 3.8) is 0 Å². The number of hydrogen-bond acceptors (Lipinski definition) is 6. The van der Waals surface area contributed by atoms with E-state index in [2.05, 4.69) is 41.2 Å². The molecule has 2 rings (SSSR count). The van der Waals surface area contributed by atoms with Crippen molar-refractivity contribution in [1.82, 2.24) is 29.9 Å². The number of piperazine rings is 1. The largest absolute Gasteiger partial charge is 0.314 e. The maximum atomic E-state index is 12.1. The van der Waals surface area contributed by atoms with E-state index in [0.29, 0.717) is 13.1 Å². The average molecular weight is 353 g/mol. The Hall–Kier alpha value is -0.550. The lowest BCUT2D eigenvalue weighted by Crippen LogP contribution is -2.46. The van der Waals surface area contributed by atoms with Crippen LogP contribution in [0.25, 0.3) is 0 Å². The van der Waals surface area contributed by atoms with Gasteiger partial charge in [-0.2, -0.15) is 0 Å². The molecule has 108 valence electrons. The van der Waals surface area contributed by atoms with Gasteiger partial charge < -0.3 is 5.32 Å². The van der Waals surface area contributed by atoms with Crippen LogP contribution in [0.3, 0.4) is 0 Å². The monoisotopic (exact) mass is 352 g/mol.